The first-order valence-electron chi connectivity index (χ1n) is 10.2. The lowest BCUT2D eigenvalue weighted by molar-refractivity contribution is -0.145. The molecule has 4 rings (SSSR count). The quantitative estimate of drug-likeness (QED) is 0.366. The van der Waals surface area contributed by atoms with Crippen LogP contribution < -0.4 is 4.74 Å². The molecule has 31 heavy (non-hydrogen) atoms. The van der Waals surface area contributed by atoms with Gasteiger partial charge >= 0.3 is 5.97 Å². The molecule has 0 fully saturated rings. The number of aromatic nitrogens is 2. The molecule has 0 saturated carbocycles. The van der Waals surface area contributed by atoms with E-state index in [4.69, 9.17) is 14.6 Å². The van der Waals surface area contributed by atoms with E-state index < -0.39 is 0 Å². The van der Waals surface area contributed by atoms with E-state index in [9.17, 15) is 4.79 Å². The maximum Gasteiger partial charge on any atom is 0.309 e. The van der Waals surface area contributed by atoms with Crippen molar-refractivity contribution in [2.75, 3.05) is 6.61 Å². The van der Waals surface area contributed by atoms with Gasteiger partial charge in [-0.25, -0.2) is 4.68 Å². The summed E-state index contributed by atoms with van der Waals surface area (Å²) in [5.74, 6) is 0.447. The predicted molar refractivity (Wildman–Crippen MR) is 120 cm³/mol. The van der Waals surface area contributed by atoms with E-state index >= 15 is 0 Å². The lowest BCUT2D eigenvalue weighted by Gasteiger charge is -2.08. The molecule has 1 heterocycles. The molecule has 156 valence electrons. The Morgan fingerprint density at radius 2 is 1.68 bits per heavy atom. The molecule has 0 unspecified atom stereocenters. The molecule has 0 aliphatic carbocycles. The third-order valence-corrected chi connectivity index (χ3v) is 4.81. The molecule has 3 aromatic carbocycles. The summed E-state index contributed by atoms with van der Waals surface area (Å²) in [4.78, 5) is 12.3. The number of aryl methyl sites for hydroxylation is 1. The summed E-state index contributed by atoms with van der Waals surface area (Å²) in [5.41, 5.74) is 4.69. The van der Waals surface area contributed by atoms with Crippen molar-refractivity contribution in [2.24, 2.45) is 0 Å². The van der Waals surface area contributed by atoms with Crippen LogP contribution in [0, 0.1) is 6.92 Å². The average molecular weight is 412 g/mol. The van der Waals surface area contributed by atoms with Gasteiger partial charge < -0.3 is 9.47 Å². The van der Waals surface area contributed by atoms with Crippen molar-refractivity contribution < 1.29 is 14.3 Å². The first-order valence-corrected chi connectivity index (χ1v) is 10.2. The second-order valence-electron chi connectivity index (χ2n) is 7.22. The molecule has 5 nitrogen and oxygen atoms in total. The molecular weight excluding hydrogens is 388 g/mol. The Kier molecular flexibility index (Phi) is 6.43. The highest BCUT2D eigenvalue weighted by Gasteiger charge is 2.14. The number of ether oxygens (including phenoxy) is 2. The van der Waals surface area contributed by atoms with Crippen molar-refractivity contribution in [3.05, 3.63) is 102 Å². The summed E-state index contributed by atoms with van der Waals surface area (Å²) >= 11 is 0. The van der Waals surface area contributed by atoms with Crippen molar-refractivity contribution in [3.8, 4) is 22.7 Å². The maximum absolute atomic E-state index is 12.3. The van der Waals surface area contributed by atoms with Gasteiger partial charge in [0.25, 0.3) is 0 Å². The van der Waals surface area contributed by atoms with Crippen molar-refractivity contribution in [2.45, 2.75) is 20.0 Å². The Labute approximate surface area is 181 Å². The number of hydrogen-bond donors (Lipinski definition) is 0. The van der Waals surface area contributed by atoms with Gasteiger partial charge in [-0.2, -0.15) is 5.10 Å². The van der Waals surface area contributed by atoms with Gasteiger partial charge in [0.1, 0.15) is 12.4 Å². The van der Waals surface area contributed by atoms with Crippen LogP contribution in [-0.4, -0.2) is 22.4 Å². The summed E-state index contributed by atoms with van der Waals surface area (Å²) in [6.07, 6.45) is 2.09. The molecule has 4 aromatic rings. The number of esters is 1. The molecule has 0 spiro atoms. The maximum atomic E-state index is 12.3. The summed E-state index contributed by atoms with van der Waals surface area (Å²) in [5, 5.41) is 4.74. The minimum atomic E-state index is -0.306. The van der Waals surface area contributed by atoms with Crippen LogP contribution in [0.4, 0.5) is 0 Å². The van der Waals surface area contributed by atoms with Gasteiger partial charge in [0.05, 0.1) is 24.4 Å². The van der Waals surface area contributed by atoms with Crippen molar-refractivity contribution in [3.63, 3.8) is 0 Å². The number of benzene rings is 3. The third-order valence-electron chi connectivity index (χ3n) is 4.81. The molecule has 0 saturated heterocycles. The standard InChI is InChI=1S/C26H24N2O3/c1-20-9-8-14-24(17-20)30-16-15-25(29)31-19-22-18-28(23-12-6-3-7-13-23)27-26(22)21-10-4-2-5-11-21/h2-14,17-18H,15-16,19H2,1H3. The van der Waals surface area contributed by atoms with Crippen molar-refractivity contribution in [1.29, 1.82) is 0 Å². The number of carbonyl (C=O) groups excluding carboxylic acids is 1. The Bertz CT molecular complexity index is 1140. The Hall–Kier alpha value is -3.86. The second-order valence-corrected chi connectivity index (χ2v) is 7.22. The van der Waals surface area contributed by atoms with Crippen LogP contribution in [0.1, 0.15) is 17.5 Å². The molecular formula is C26H24N2O3. The van der Waals surface area contributed by atoms with Gasteiger partial charge in [-0.05, 0) is 36.8 Å². The number of nitrogens with zero attached hydrogens (tertiary/aromatic N) is 2. The molecule has 0 aliphatic heterocycles. The van der Waals surface area contributed by atoms with Crippen LogP contribution in [0.15, 0.2) is 91.1 Å². The van der Waals surface area contributed by atoms with E-state index in [1.54, 1.807) is 0 Å². The van der Waals surface area contributed by atoms with Gasteiger partial charge in [-0.1, -0.05) is 60.7 Å². The lowest BCUT2D eigenvalue weighted by Crippen LogP contribution is -2.10. The fourth-order valence-electron chi connectivity index (χ4n) is 3.26. The minimum absolute atomic E-state index is 0.153. The van der Waals surface area contributed by atoms with Crippen molar-refractivity contribution in [1.82, 2.24) is 9.78 Å². The number of hydrogen-bond acceptors (Lipinski definition) is 4. The largest absolute Gasteiger partial charge is 0.493 e. The lowest BCUT2D eigenvalue weighted by atomic mass is 10.1. The topological polar surface area (TPSA) is 53.4 Å². The van der Waals surface area contributed by atoms with E-state index in [1.165, 1.54) is 0 Å². The molecule has 1 aromatic heterocycles. The molecule has 0 aliphatic rings. The van der Waals surface area contributed by atoms with Gasteiger partial charge in [-0.3, -0.25) is 4.79 Å². The van der Waals surface area contributed by atoms with E-state index in [0.29, 0.717) is 0 Å². The summed E-state index contributed by atoms with van der Waals surface area (Å²) < 4.78 is 13.0. The van der Waals surface area contributed by atoms with Crippen LogP contribution in [0.3, 0.4) is 0 Å². The fraction of sp³-hybridized carbons (Fsp3) is 0.154. The molecule has 0 radical (unpaired) electrons. The van der Waals surface area contributed by atoms with Crippen molar-refractivity contribution >= 4 is 5.97 Å². The molecule has 0 atom stereocenters. The van der Waals surface area contributed by atoms with Crippen LogP contribution in [0.5, 0.6) is 5.75 Å². The zero-order valence-corrected chi connectivity index (χ0v) is 17.4. The second kappa shape index (κ2) is 9.76. The highest BCUT2D eigenvalue weighted by Crippen LogP contribution is 2.24. The van der Waals surface area contributed by atoms with E-state index in [-0.39, 0.29) is 25.6 Å². The average Bonchev–Trinajstić information content (AvgIpc) is 3.23. The predicted octanol–water partition coefficient (Wildman–Crippen LogP) is 5.36. The number of rotatable bonds is 8. The fourth-order valence-corrected chi connectivity index (χ4v) is 3.26. The highest BCUT2D eigenvalue weighted by molar-refractivity contribution is 5.70. The van der Waals surface area contributed by atoms with Crippen LogP contribution in [0.2, 0.25) is 0 Å². The molecule has 0 bridgehead atoms. The SMILES string of the molecule is Cc1cccc(OCCC(=O)OCc2cn(-c3ccccc3)nc2-c2ccccc2)c1. The zero-order valence-electron chi connectivity index (χ0n) is 17.4. The zero-order chi connectivity index (χ0) is 21.5. The van der Waals surface area contributed by atoms with E-state index in [0.717, 1.165) is 33.8 Å². The minimum Gasteiger partial charge on any atom is -0.493 e. The Morgan fingerprint density at radius 3 is 2.42 bits per heavy atom. The summed E-state index contributed by atoms with van der Waals surface area (Å²) in [7, 11) is 0. The van der Waals surface area contributed by atoms with Gasteiger partial charge in [0.15, 0.2) is 0 Å². The number of para-hydroxylation sites is 1. The molecule has 5 heteroatoms. The first kappa shape index (κ1) is 20.4. The van der Waals surface area contributed by atoms with Gasteiger partial charge in [0.2, 0.25) is 0 Å². The molecule has 0 amide bonds. The smallest absolute Gasteiger partial charge is 0.309 e. The third kappa shape index (κ3) is 5.39. The highest BCUT2D eigenvalue weighted by atomic mass is 16.5. The Morgan fingerprint density at radius 1 is 0.935 bits per heavy atom. The monoisotopic (exact) mass is 412 g/mol. The van der Waals surface area contributed by atoms with Gasteiger partial charge in [0, 0.05) is 17.3 Å². The van der Waals surface area contributed by atoms with Crippen LogP contribution in [0.25, 0.3) is 16.9 Å². The van der Waals surface area contributed by atoms with Gasteiger partial charge in [-0.15, -0.1) is 0 Å². The number of carbonyl (C=O) groups is 1. The first-order chi connectivity index (χ1) is 15.2. The van der Waals surface area contributed by atoms with E-state index in [2.05, 4.69) is 0 Å². The normalized spacial score (nSPS) is 10.6. The Balaban J connectivity index is 1.42. The van der Waals surface area contributed by atoms with E-state index in [1.807, 2.05) is 103 Å². The summed E-state index contributed by atoms with van der Waals surface area (Å²) in [6.45, 7) is 2.43. The van der Waals surface area contributed by atoms with Crippen LogP contribution in [-0.2, 0) is 16.1 Å². The molecule has 0 N–H and O–H groups in total. The summed E-state index contributed by atoms with van der Waals surface area (Å²) in [6, 6.07) is 27.5. The van der Waals surface area contributed by atoms with Crippen LogP contribution >= 0.6 is 0 Å².